The monoisotopic (exact) mass is 241 g/mol. The zero-order chi connectivity index (χ0) is 12.2. The first-order valence-corrected chi connectivity index (χ1v) is 7.06. The first-order valence-electron chi connectivity index (χ1n) is 7.06. The van der Waals surface area contributed by atoms with Crippen LogP contribution in [0, 0.1) is 6.54 Å². The number of aromatic nitrogens is 1. The van der Waals surface area contributed by atoms with E-state index < -0.39 is 0 Å². The molecule has 1 N–H and O–H groups in total. The highest BCUT2D eigenvalue weighted by Gasteiger charge is 2.10. The Hall–Kier alpha value is -1.28. The van der Waals surface area contributed by atoms with Crippen LogP contribution in [-0.2, 0) is 6.42 Å². The second-order valence-electron chi connectivity index (χ2n) is 5.18. The van der Waals surface area contributed by atoms with Crippen molar-refractivity contribution in [3.8, 4) is 0 Å². The molecule has 2 heterocycles. The highest BCUT2D eigenvalue weighted by molar-refractivity contribution is 5.82. The van der Waals surface area contributed by atoms with Crippen molar-refractivity contribution < 1.29 is 0 Å². The molecule has 2 heteroatoms. The van der Waals surface area contributed by atoms with E-state index in [1.165, 1.54) is 48.8 Å². The van der Waals surface area contributed by atoms with Gasteiger partial charge in [0.2, 0.25) is 0 Å². The molecule has 0 atom stereocenters. The number of aromatic amines is 1. The Labute approximate surface area is 109 Å². The van der Waals surface area contributed by atoms with Gasteiger partial charge in [0.15, 0.2) is 0 Å². The molecule has 0 amide bonds. The molecule has 0 bridgehead atoms. The zero-order valence-corrected chi connectivity index (χ0v) is 10.9. The molecular formula is C16H21N2. The van der Waals surface area contributed by atoms with Crippen molar-refractivity contribution in [1.29, 1.82) is 0 Å². The molecule has 0 spiro atoms. The van der Waals surface area contributed by atoms with E-state index in [2.05, 4.69) is 46.9 Å². The van der Waals surface area contributed by atoms with Gasteiger partial charge in [-0.2, -0.15) is 0 Å². The average Bonchev–Trinajstić information content (AvgIpc) is 2.84. The number of piperidine rings is 1. The smallest absolute Gasteiger partial charge is 0.0456 e. The molecule has 1 aromatic carbocycles. The van der Waals surface area contributed by atoms with Crippen LogP contribution >= 0.6 is 0 Å². The standard InChI is InChI=1S/C16H21N2/c1-4-10-18(11-5-1)12-6-7-14-13-17-16-9-3-2-8-15(14)16/h2-3,8-9,12-13,17H,1,4-7,10-11H2. The van der Waals surface area contributed by atoms with E-state index in [9.17, 15) is 0 Å². The minimum absolute atomic E-state index is 1.14. The molecule has 0 aliphatic carbocycles. The number of rotatable bonds is 4. The summed E-state index contributed by atoms with van der Waals surface area (Å²) in [6, 6.07) is 8.56. The summed E-state index contributed by atoms with van der Waals surface area (Å²) in [5.74, 6) is 0. The number of benzene rings is 1. The lowest BCUT2D eigenvalue weighted by molar-refractivity contribution is 0.270. The summed E-state index contributed by atoms with van der Waals surface area (Å²) in [5.41, 5.74) is 2.70. The number of H-pyrrole nitrogens is 1. The normalized spacial score (nSPS) is 17.3. The van der Waals surface area contributed by atoms with Crippen LogP contribution in [0.2, 0.25) is 0 Å². The zero-order valence-electron chi connectivity index (χ0n) is 10.9. The SMILES string of the molecule is [CH](CCc1c[nH]c2ccccc12)N1CCCCC1. The highest BCUT2D eigenvalue weighted by Crippen LogP contribution is 2.20. The molecule has 95 valence electrons. The van der Waals surface area contributed by atoms with Crippen molar-refractivity contribution in [3.63, 3.8) is 0 Å². The summed E-state index contributed by atoms with van der Waals surface area (Å²) in [7, 11) is 0. The fourth-order valence-electron chi connectivity index (χ4n) is 2.84. The van der Waals surface area contributed by atoms with Gasteiger partial charge in [-0.05, 0) is 50.4 Å². The molecule has 1 aromatic heterocycles. The quantitative estimate of drug-likeness (QED) is 0.863. The van der Waals surface area contributed by atoms with E-state index >= 15 is 0 Å². The summed E-state index contributed by atoms with van der Waals surface area (Å²) in [6.07, 6.45) is 8.59. The van der Waals surface area contributed by atoms with Gasteiger partial charge in [-0.3, -0.25) is 4.90 Å². The first-order chi connectivity index (χ1) is 8.93. The van der Waals surface area contributed by atoms with Crippen LogP contribution in [-0.4, -0.2) is 23.0 Å². The van der Waals surface area contributed by atoms with Crippen LogP contribution in [0.4, 0.5) is 0 Å². The lowest BCUT2D eigenvalue weighted by Crippen LogP contribution is -2.27. The molecule has 1 saturated heterocycles. The largest absolute Gasteiger partial charge is 0.361 e. The number of hydrogen-bond acceptors (Lipinski definition) is 1. The number of fused-ring (bicyclic) bond motifs is 1. The maximum absolute atomic E-state index is 3.35. The van der Waals surface area contributed by atoms with E-state index in [0.717, 1.165) is 12.8 Å². The second-order valence-corrected chi connectivity index (χ2v) is 5.18. The molecule has 3 rings (SSSR count). The number of aryl methyl sites for hydroxylation is 1. The van der Waals surface area contributed by atoms with Crippen LogP contribution in [0.3, 0.4) is 0 Å². The molecular weight excluding hydrogens is 220 g/mol. The van der Waals surface area contributed by atoms with Gasteiger partial charge in [-0.15, -0.1) is 0 Å². The Morgan fingerprint density at radius 3 is 2.83 bits per heavy atom. The molecule has 1 fully saturated rings. The molecule has 0 saturated carbocycles. The van der Waals surface area contributed by atoms with Gasteiger partial charge in [0.05, 0.1) is 0 Å². The molecule has 1 aliphatic rings. The van der Waals surface area contributed by atoms with E-state index in [-0.39, 0.29) is 0 Å². The van der Waals surface area contributed by atoms with Crippen molar-refractivity contribution in [1.82, 2.24) is 9.88 Å². The van der Waals surface area contributed by atoms with Gasteiger partial charge >= 0.3 is 0 Å². The minimum atomic E-state index is 1.14. The van der Waals surface area contributed by atoms with Crippen molar-refractivity contribution >= 4 is 10.9 Å². The van der Waals surface area contributed by atoms with Gasteiger partial charge in [0, 0.05) is 23.6 Å². The summed E-state index contributed by atoms with van der Waals surface area (Å²) < 4.78 is 0. The fraction of sp³-hybridized carbons (Fsp3) is 0.438. The predicted octanol–water partition coefficient (Wildman–Crippen LogP) is 3.75. The van der Waals surface area contributed by atoms with Crippen molar-refractivity contribution in [2.24, 2.45) is 0 Å². The Balaban J connectivity index is 1.56. The number of hydrogen-bond donors (Lipinski definition) is 1. The lowest BCUT2D eigenvalue weighted by Gasteiger charge is -2.25. The number of likely N-dealkylation sites (tertiary alicyclic amines) is 1. The van der Waals surface area contributed by atoms with Crippen LogP contribution in [0.15, 0.2) is 30.5 Å². The van der Waals surface area contributed by atoms with E-state index in [1.807, 2.05) is 0 Å². The summed E-state index contributed by atoms with van der Waals surface area (Å²) in [6.45, 7) is 4.92. The summed E-state index contributed by atoms with van der Waals surface area (Å²) in [5, 5.41) is 1.38. The minimum Gasteiger partial charge on any atom is -0.361 e. The van der Waals surface area contributed by atoms with Crippen LogP contribution in [0.1, 0.15) is 31.2 Å². The molecule has 0 unspecified atom stereocenters. The van der Waals surface area contributed by atoms with Gasteiger partial charge in [0.25, 0.3) is 0 Å². The van der Waals surface area contributed by atoms with E-state index in [4.69, 9.17) is 0 Å². The Kier molecular flexibility index (Phi) is 3.65. The van der Waals surface area contributed by atoms with Crippen molar-refractivity contribution in [3.05, 3.63) is 42.6 Å². The number of para-hydroxylation sites is 1. The third-order valence-electron chi connectivity index (χ3n) is 3.87. The third-order valence-corrected chi connectivity index (χ3v) is 3.87. The third kappa shape index (κ3) is 2.59. The van der Waals surface area contributed by atoms with Crippen LogP contribution in [0.5, 0.6) is 0 Å². The second kappa shape index (κ2) is 5.57. The lowest BCUT2D eigenvalue weighted by atomic mass is 10.1. The molecule has 1 radical (unpaired) electrons. The maximum atomic E-state index is 3.35. The molecule has 1 aliphatic heterocycles. The maximum Gasteiger partial charge on any atom is 0.0456 e. The predicted molar refractivity (Wildman–Crippen MR) is 76.3 cm³/mol. The van der Waals surface area contributed by atoms with E-state index in [1.54, 1.807) is 0 Å². The number of nitrogens with zero attached hydrogens (tertiary/aromatic N) is 1. The van der Waals surface area contributed by atoms with Gasteiger partial charge < -0.3 is 4.98 Å². The van der Waals surface area contributed by atoms with Gasteiger partial charge in [0.1, 0.15) is 0 Å². The number of nitrogens with one attached hydrogen (secondary N) is 1. The average molecular weight is 241 g/mol. The molecule has 18 heavy (non-hydrogen) atoms. The van der Waals surface area contributed by atoms with Gasteiger partial charge in [-0.25, -0.2) is 0 Å². The Bertz CT molecular complexity index is 495. The highest BCUT2D eigenvalue weighted by atomic mass is 15.1. The topological polar surface area (TPSA) is 19.0 Å². The Morgan fingerprint density at radius 2 is 1.94 bits per heavy atom. The fourth-order valence-corrected chi connectivity index (χ4v) is 2.84. The summed E-state index contributed by atoms with van der Waals surface area (Å²) >= 11 is 0. The Morgan fingerprint density at radius 1 is 1.11 bits per heavy atom. The molecule has 2 aromatic rings. The summed E-state index contributed by atoms with van der Waals surface area (Å²) in [4.78, 5) is 5.85. The molecule has 2 nitrogen and oxygen atoms in total. The van der Waals surface area contributed by atoms with E-state index in [0.29, 0.717) is 0 Å². The van der Waals surface area contributed by atoms with Crippen LogP contribution in [0.25, 0.3) is 10.9 Å². The van der Waals surface area contributed by atoms with Crippen molar-refractivity contribution in [2.75, 3.05) is 13.1 Å². The van der Waals surface area contributed by atoms with Crippen molar-refractivity contribution in [2.45, 2.75) is 32.1 Å². The van der Waals surface area contributed by atoms with Crippen LogP contribution < -0.4 is 0 Å². The first kappa shape index (κ1) is 11.8. The van der Waals surface area contributed by atoms with Gasteiger partial charge in [-0.1, -0.05) is 24.6 Å².